The zero-order valence-corrected chi connectivity index (χ0v) is 5.89. The molecule has 0 unspecified atom stereocenters. The van der Waals surface area contributed by atoms with Crippen LogP contribution in [0.2, 0.25) is 0 Å². The van der Waals surface area contributed by atoms with E-state index in [0.717, 1.165) is 10.8 Å². The number of hydrogen-bond donors (Lipinski definition) is 1. The first-order chi connectivity index (χ1) is 2.27. The van der Waals surface area contributed by atoms with Crippen molar-refractivity contribution in [3.05, 3.63) is 0 Å². The molecular weight excluding hydrogens is 188 g/mol. The van der Waals surface area contributed by atoms with Crippen LogP contribution in [0.4, 0.5) is 4.79 Å². The first-order valence-electron chi connectivity index (χ1n) is 0.795. The molecule has 0 saturated carbocycles. The van der Waals surface area contributed by atoms with E-state index in [4.69, 9.17) is 0 Å². The summed E-state index contributed by atoms with van der Waals surface area (Å²) in [4.78, 5) is 9.70. The van der Waals surface area contributed by atoms with Crippen LogP contribution >= 0.6 is 22.5 Å². The van der Waals surface area contributed by atoms with Crippen molar-refractivity contribution in [1.29, 1.82) is 0 Å². The quantitative estimate of drug-likeness (QED) is 0.350. The normalized spacial score (nSPS) is 7.40. The van der Waals surface area contributed by atoms with E-state index in [9.17, 15) is 4.79 Å². The Bertz CT molecular complexity index is 44.9. The summed E-state index contributed by atoms with van der Waals surface area (Å²) in [6.07, 6.45) is 0. The van der Waals surface area contributed by atoms with Gasteiger partial charge in [-0.05, 0) is 0 Å². The van der Waals surface area contributed by atoms with Gasteiger partial charge in [0.05, 0.1) is 0 Å². The molecule has 0 rings (SSSR count). The van der Waals surface area contributed by atoms with Gasteiger partial charge in [0, 0.05) is 0 Å². The first-order valence-corrected chi connectivity index (χ1v) is 3.67. The fourth-order valence-electron chi connectivity index (χ4n) is 0. The van der Waals surface area contributed by atoms with Crippen molar-refractivity contribution in [3.63, 3.8) is 0 Å². The molecule has 0 heterocycles. The zero-order valence-electron chi connectivity index (χ0n) is 2.17. The van der Waals surface area contributed by atoms with Crippen LogP contribution in [0.5, 0.6) is 0 Å². The summed E-state index contributed by atoms with van der Waals surface area (Å²) >= 11 is 4.99. The van der Waals surface area contributed by atoms with Gasteiger partial charge in [-0.3, -0.25) is 0 Å². The Morgan fingerprint density at radius 2 is 2.20 bits per heavy atom. The van der Waals surface area contributed by atoms with Gasteiger partial charge in [-0.2, -0.15) is 0 Å². The van der Waals surface area contributed by atoms with Crippen molar-refractivity contribution in [3.8, 4) is 0 Å². The molecule has 1 nitrogen and oxygen atoms in total. The fraction of sp³-hybridized carbons (Fsp3) is 0. The zero-order chi connectivity index (χ0) is 4.28. The Labute approximate surface area is 50.6 Å². The topological polar surface area (TPSA) is 17.1 Å². The third kappa shape index (κ3) is 5.06. The molecule has 0 spiro atoms. The molecule has 0 amide bonds. The van der Waals surface area contributed by atoms with Gasteiger partial charge >= 0.3 is 50.6 Å². The molecule has 0 aromatic carbocycles. The molecule has 4 heteroatoms. The SMILES string of the molecule is O=[C]([Mo])SS. The average Bonchev–Trinajstić information content (AvgIpc) is 1.38. The van der Waals surface area contributed by atoms with Crippen molar-refractivity contribution >= 4 is 26.0 Å². The van der Waals surface area contributed by atoms with Gasteiger partial charge in [0.25, 0.3) is 0 Å². The molecule has 0 fully saturated rings. The van der Waals surface area contributed by atoms with Crippen molar-refractivity contribution in [2.75, 3.05) is 0 Å². The summed E-state index contributed by atoms with van der Waals surface area (Å²) in [7, 11) is 0.940. The minimum atomic E-state index is 0.0455. The maximum absolute atomic E-state index is 9.70. The van der Waals surface area contributed by atoms with Gasteiger partial charge in [-0.15, -0.1) is 0 Å². The molecule has 0 aromatic heterocycles. The Morgan fingerprint density at radius 1 is 2.00 bits per heavy atom. The number of hydrogen-bond acceptors (Lipinski definition) is 3. The van der Waals surface area contributed by atoms with Gasteiger partial charge < -0.3 is 0 Å². The second kappa shape index (κ2) is 3.26. The van der Waals surface area contributed by atoms with E-state index in [1.165, 1.54) is 19.8 Å². The van der Waals surface area contributed by atoms with E-state index in [1.807, 2.05) is 0 Å². The van der Waals surface area contributed by atoms with Gasteiger partial charge in [0.15, 0.2) is 0 Å². The monoisotopic (exact) mass is 191 g/mol. The second-order valence-corrected chi connectivity index (χ2v) is 3.04. The fourth-order valence-corrected chi connectivity index (χ4v) is 0. The molecule has 0 radical (unpaired) electrons. The summed E-state index contributed by atoms with van der Waals surface area (Å²) in [5, 5.41) is 0. The Morgan fingerprint density at radius 3 is 2.20 bits per heavy atom. The van der Waals surface area contributed by atoms with E-state index >= 15 is 0 Å². The Hall–Kier alpha value is 1.06. The molecule has 0 saturated heterocycles. The summed E-state index contributed by atoms with van der Waals surface area (Å²) < 4.78 is 0.0455. The number of thiol groups is 1. The predicted octanol–water partition coefficient (Wildman–Crippen LogP) is 1.23. The summed E-state index contributed by atoms with van der Waals surface area (Å²) in [6.45, 7) is 0. The van der Waals surface area contributed by atoms with E-state index in [-0.39, 0.29) is 3.50 Å². The molecule has 0 aliphatic rings. The molecule has 5 heavy (non-hydrogen) atoms. The van der Waals surface area contributed by atoms with Crippen LogP contribution in [0.25, 0.3) is 0 Å². The number of rotatable bonds is 0. The van der Waals surface area contributed by atoms with Crippen molar-refractivity contribution in [2.45, 2.75) is 0 Å². The van der Waals surface area contributed by atoms with E-state index in [2.05, 4.69) is 11.7 Å². The van der Waals surface area contributed by atoms with Crippen LogP contribution < -0.4 is 0 Å². The Kier molecular flexibility index (Phi) is 3.95. The molecule has 0 aromatic rings. The second-order valence-electron chi connectivity index (χ2n) is 0.341. The van der Waals surface area contributed by atoms with E-state index < -0.39 is 0 Å². The third-order valence-corrected chi connectivity index (χ3v) is 2.32. The van der Waals surface area contributed by atoms with Crippen LogP contribution in [0.3, 0.4) is 0 Å². The first kappa shape index (κ1) is 6.06. The molecule has 0 aliphatic carbocycles. The summed E-state index contributed by atoms with van der Waals surface area (Å²) in [5.41, 5.74) is 0. The molecule has 0 N–H and O–H groups in total. The number of carbonyl (C=O) groups excluding carboxylic acids is 1. The Balaban J connectivity index is 2.85. The van der Waals surface area contributed by atoms with Crippen molar-refractivity contribution < 1.29 is 24.6 Å². The van der Waals surface area contributed by atoms with Crippen molar-refractivity contribution in [1.82, 2.24) is 0 Å². The molecule has 0 atom stereocenters. The van der Waals surface area contributed by atoms with Gasteiger partial charge in [-0.1, -0.05) is 0 Å². The van der Waals surface area contributed by atoms with Crippen LogP contribution in [0.1, 0.15) is 0 Å². The third-order valence-electron chi connectivity index (χ3n) is 0.0745. The van der Waals surface area contributed by atoms with Crippen LogP contribution in [-0.4, -0.2) is 3.50 Å². The summed E-state index contributed by atoms with van der Waals surface area (Å²) in [6, 6.07) is 0. The molecule has 0 bridgehead atoms. The molecular formula is CHMoOS2. The molecule has 0 aliphatic heterocycles. The van der Waals surface area contributed by atoms with E-state index in [1.54, 1.807) is 0 Å². The van der Waals surface area contributed by atoms with E-state index in [0.29, 0.717) is 0 Å². The molecule has 29 valence electrons. The van der Waals surface area contributed by atoms with Crippen LogP contribution in [-0.2, 0) is 19.8 Å². The van der Waals surface area contributed by atoms with Crippen LogP contribution in [0, 0.1) is 0 Å². The average molecular weight is 189 g/mol. The van der Waals surface area contributed by atoms with Crippen LogP contribution in [0.15, 0.2) is 0 Å². The minimum absolute atomic E-state index is 0.0455. The van der Waals surface area contributed by atoms with Gasteiger partial charge in [-0.25, -0.2) is 0 Å². The summed E-state index contributed by atoms with van der Waals surface area (Å²) in [5.74, 6) is 0. The maximum atomic E-state index is 9.70. The van der Waals surface area contributed by atoms with Crippen molar-refractivity contribution in [2.24, 2.45) is 0 Å². The standard InChI is InChI=1S/CHOS2.Mo/c2-1-4-3;/h3H;. The number of carbonyl (C=O) groups is 1. The van der Waals surface area contributed by atoms with Gasteiger partial charge in [0.1, 0.15) is 0 Å². The van der Waals surface area contributed by atoms with Gasteiger partial charge in [0.2, 0.25) is 0 Å². The predicted molar refractivity (Wildman–Crippen MR) is 22.0 cm³/mol.